The van der Waals surface area contributed by atoms with E-state index in [9.17, 15) is 0 Å². The van der Waals surface area contributed by atoms with E-state index in [0.29, 0.717) is 12.2 Å². The zero-order valence-corrected chi connectivity index (χ0v) is 35.3. The van der Waals surface area contributed by atoms with Crippen molar-refractivity contribution in [2.75, 3.05) is 0 Å². The van der Waals surface area contributed by atoms with Gasteiger partial charge in [-0.2, -0.15) is 0 Å². The molecule has 49 heavy (non-hydrogen) atoms. The number of hydrogen-bond donors (Lipinski definition) is 0. The van der Waals surface area contributed by atoms with Gasteiger partial charge < -0.3 is 4.74 Å². The summed E-state index contributed by atoms with van der Waals surface area (Å²) in [5.41, 5.74) is 0. The quantitative estimate of drug-likeness (QED) is 0.0578. The molecule has 296 valence electrons. The largest absolute Gasteiger partial charge is 0.375 e. The molecule has 0 fully saturated rings. The maximum absolute atomic E-state index is 6.99. The minimum atomic E-state index is 0.519. The summed E-state index contributed by atoms with van der Waals surface area (Å²) in [6.07, 6.45) is 60.9. The van der Waals surface area contributed by atoms with Gasteiger partial charge in [0.15, 0.2) is 0 Å². The second-order valence-corrected chi connectivity index (χ2v) is 16.6. The molecule has 0 N–H and O–H groups in total. The van der Waals surface area contributed by atoms with Gasteiger partial charge in [-0.15, -0.1) is 0 Å². The third-order valence-electron chi connectivity index (χ3n) is 11.4. The van der Waals surface area contributed by atoms with E-state index < -0.39 is 0 Å². The van der Waals surface area contributed by atoms with Gasteiger partial charge in [-0.3, -0.25) is 0 Å². The van der Waals surface area contributed by atoms with Gasteiger partial charge in [-0.25, -0.2) is 0 Å². The first-order valence-corrected chi connectivity index (χ1v) is 23.9. The van der Waals surface area contributed by atoms with Crippen molar-refractivity contribution in [2.24, 2.45) is 0 Å². The summed E-state index contributed by atoms with van der Waals surface area (Å²) in [7, 11) is 0. The highest BCUT2D eigenvalue weighted by molar-refractivity contribution is 4.67. The lowest BCUT2D eigenvalue weighted by atomic mass is 9.99. The maximum atomic E-state index is 6.99. The van der Waals surface area contributed by atoms with Crippen molar-refractivity contribution in [1.29, 1.82) is 0 Å². The molecule has 0 aromatic rings. The second-order valence-electron chi connectivity index (χ2n) is 16.6. The van der Waals surface area contributed by atoms with Gasteiger partial charge in [0.2, 0.25) is 0 Å². The van der Waals surface area contributed by atoms with Gasteiger partial charge in [0, 0.05) is 0 Å². The van der Waals surface area contributed by atoms with Gasteiger partial charge in [0.1, 0.15) is 0 Å². The van der Waals surface area contributed by atoms with E-state index in [2.05, 4.69) is 27.7 Å². The van der Waals surface area contributed by atoms with Crippen molar-refractivity contribution in [2.45, 2.75) is 310 Å². The third kappa shape index (κ3) is 40.6. The molecule has 1 heteroatoms. The Morgan fingerprint density at radius 3 is 0.551 bits per heavy atom. The molecule has 0 radical (unpaired) electrons. The predicted octanol–water partition coefficient (Wildman–Crippen LogP) is 18.2. The second kappa shape index (κ2) is 44.1. The monoisotopic (exact) mass is 691 g/mol. The van der Waals surface area contributed by atoms with E-state index in [0.717, 1.165) is 0 Å². The average molecular weight is 691 g/mol. The molecule has 0 aromatic heterocycles. The van der Waals surface area contributed by atoms with Crippen LogP contribution in [0.1, 0.15) is 297 Å². The minimum absolute atomic E-state index is 0.519. The molecule has 0 aliphatic rings. The Morgan fingerprint density at radius 1 is 0.204 bits per heavy atom. The van der Waals surface area contributed by atoms with Gasteiger partial charge in [-0.05, 0) is 25.7 Å². The Labute approximate surface area is 313 Å². The standard InChI is InChI=1S/C48H98O/c1-5-9-13-15-17-19-21-23-25-27-29-31-33-35-37-41-45-47(43-39-11-7-3)49-48(44-40-12-8-4)46-42-38-36-34-32-30-28-26-24-22-20-18-16-14-10-6-2/h47-48H,5-46H2,1-4H3. The van der Waals surface area contributed by atoms with Crippen LogP contribution in [0.3, 0.4) is 0 Å². The van der Waals surface area contributed by atoms with Crippen LogP contribution in [0.2, 0.25) is 0 Å². The molecule has 1 nitrogen and oxygen atoms in total. The van der Waals surface area contributed by atoms with E-state index in [1.807, 2.05) is 0 Å². The summed E-state index contributed by atoms with van der Waals surface area (Å²) in [6, 6.07) is 0. The molecule has 0 saturated carbocycles. The smallest absolute Gasteiger partial charge is 0.0578 e. The van der Waals surface area contributed by atoms with Crippen molar-refractivity contribution >= 4 is 0 Å². The molecule has 0 spiro atoms. The zero-order chi connectivity index (χ0) is 35.6. The lowest BCUT2D eigenvalue weighted by molar-refractivity contribution is -0.0323. The molecule has 0 aliphatic heterocycles. The topological polar surface area (TPSA) is 9.23 Å². The first kappa shape index (κ1) is 49.0. The summed E-state index contributed by atoms with van der Waals surface area (Å²) < 4.78 is 6.99. The van der Waals surface area contributed by atoms with Gasteiger partial charge >= 0.3 is 0 Å². The van der Waals surface area contributed by atoms with E-state index in [1.165, 1.54) is 270 Å². The minimum Gasteiger partial charge on any atom is -0.375 e. The van der Waals surface area contributed by atoms with Crippen LogP contribution in [0.5, 0.6) is 0 Å². The predicted molar refractivity (Wildman–Crippen MR) is 225 cm³/mol. The highest BCUT2D eigenvalue weighted by atomic mass is 16.5. The molecule has 0 heterocycles. The average Bonchev–Trinajstić information content (AvgIpc) is 3.11. The zero-order valence-electron chi connectivity index (χ0n) is 35.3. The summed E-state index contributed by atoms with van der Waals surface area (Å²) in [6.45, 7) is 9.31. The summed E-state index contributed by atoms with van der Waals surface area (Å²) in [4.78, 5) is 0. The molecule has 0 rings (SSSR count). The fourth-order valence-corrected chi connectivity index (χ4v) is 7.92. The van der Waals surface area contributed by atoms with E-state index in [-0.39, 0.29) is 0 Å². The fourth-order valence-electron chi connectivity index (χ4n) is 7.92. The SMILES string of the molecule is CCCCCCCCCCCCCCCCCCC(CCCCC)OC(CCCCC)CCCCCCCCCCCCCCCCCC. The highest BCUT2D eigenvalue weighted by Crippen LogP contribution is 2.23. The van der Waals surface area contributed by atoms with Crippen LogP contribution in [-0.2, 0) is 4.74 Å². The maximum Gasteiger partial charge on any atom is 0.0578 e. The number of rotatable bonds is 44. The van der Waals surface area contributed by atoms with Gasteiger partial charge in [0.25, 0.3) is 0 Å². The molecule has 0 aromatic carbocycles. The normalized spacial score (nSPS) is 13.0. The van der Waals surface area contributed by atoms with Gasteiger partial charge in [-0.1, -0.05) is 272 Å². The number of hydrogen-bond acceptors (Lipinski definition) is 1. The Kier molecular flexibility index (Phi) is 44.1. The number of ether oxygens (including phenoxy) is 1. The van der Waals surface area contributed by atoms with Crippen molar-refractivity contribution in [3.63, 3.8) is 0 Å². The summed E-state index contributed by atoms with van der Waals surface area (Å²) in [5.74, 6) is 0. The lowest BCUT2D eigenvalue weighted by Gasteiger charge is -2.26. The first-order chi connectivity index (χ1) is 24.3. The lowest BCUT2D eigenvalue weighted by Crippen LogP contribution is -2.23. The molecule has 0 amide bonds. The molecule has 2 atom stereocenters. The summed E-state index contributed by atoms with van der Waals surface area (Å²) >= 11 is 0. The van der Waals surface area contributed by atoms with E-state index in [1.54, 1.807) is 0 Å². The Bertz CT molecular complexity index is 509. The molecule has 2 unspecified atom stereocenters. The molecule has 0 aliphatic carbocycles. The fraction of sp³-hybridized carbons (Fsp3) is 1.00. The van der Waals surface area contributed by atoms with Crippen molar-refractivity contribution < 1.29 is 4.74 Å². The Morgan fingerprint density at radius 2 is 0.347 bits per heavy atom. The van der Waals surface area contributed by atoms with E-state index >= 15 is 0 Å². The van der Waals surface area contributed by atoms with E-state index in [4.69, 9.17) is 4.74 Å². The van der Waals surface area contributed by atoms with Crippen LogP contribution in [0.15, 0.2) is 0 Å². The Balaban J connectivity index is 4.04. The van der Waals surface area contributed by atoms with Crippen LogP contribution in [0, 0.1) is 0 Å². The summed E-state index contributed by atoms with van der Waals surface area (Å²) in [5, 5.41) is 0. The van der Waals surface area contributed by atoms with Crippen molar-refractivity contribution in [1.82, 2.24) is 0 Å². The van der Waals surface area contributed by atoms with Crippen molar-refractivity contribution in [3.8, 4) is 0 Å². The first-order valence-electron chi connectivity index (χ1n) is 23.9. The Hall–Kier alpha value is -0.0400. The molecule has 0 saturated heterocycles. The van der Waals surface area contributed by atoms with Crippen LogP contribution < -0.4 is 0 Å². The highest BCUT2D eigenvalue weighted by Gasteiger charge is 2.16. The molecule has 0 bridgehead atoms. The molecular formula is C48H98O. The third-order valence-corrected chi connectivity index (χ3v) is 11.4. The van der Waals surface area contributed by atoms with Crippen molar-refractivity contribution in [3.05, 3.63) is 0 Å². The number of unbranched alkanes of at least 4 members (excludes halogenated alkanes) is 34. The van der Waals surface area contributed by atoms with Gasteiger partial charge in [0.05, 0.1) is 12.2 Å². The van der Waals surface area contributed by atoms with Crippen LogP contribution in [0.4, 0.5) is 0 Å². The van der Waals surface area contributed by atoms with Crippen LogP contribution in [-0.4, -0.2) is 12.2 Å². The molecular weight excluding hydrogens is 593 g/mol. The van der Waals surface area contributed by atoms with Crippen LogP contribution >= 0.6 is 0 Å². The van der Waals surface area contributed by atoms with Crippen LogP contribution in [0.25, 0.3) is 0 Å².